The van der Waals surface area contributed by atoms with E-state index in [0.717, 1.165) is 37.7 Å². The summed E-state index contributed by atoms with van der Waals surface area (Å²) in [4.78, 5) is 11.3. The summed E-state index contributed by atoms with van der Waals surface area (Å²) in [7, 11) is 2.20. The molecular formula is C20H19N3S2. The molecule has 126 valence electrons. The Labute approximate surface area is 156 Å². The maximum atomic E-state index is 5.16. The zero-order chi connectivity index (χ0) is 16.8. The van der Waals surface area contributed by atoms with E-state index in [9.17, 15) is 0 Å². The monoisotopic (exact) mass is 365 g/mol. The van der Waals surface area contributed by atoms with Crippen molar-refractivity contribution in [3.8, 4) is 0 Å². The Bertz CT molecular complexity index is 968. The first kappa shape index (κ1) is 15.4. The number of rotatable bonds is 0. The van der Waals surface area contributed by atoms with Crippen LogP contribution in [0.2, 0.25) is 0 Å². The number of hydrogen-bond donors (Lipinski definition) is 0. The molecule has 1 fully saturated rings. The van der Waals surface area contributed by atoms with Crippen molar-refractivity contribution in [1.82, 2.24) is 9.80 Å². The van der Waals surface area contributed by atoms with Crippen LogP contribution >= 0.6 is 23.1 Å². The van der Waals surface area contributed by atoms with Crippen molar-refractivity contribution in [1.29, 1.82) is 0 Å². The van der Waals surface area contributed by atoms with Crippen LogP contribution < -0.4 is 0 Å². The predicted octanol–water partition coefficient (Wildman–Crippen LogP) is 4.69. The first-order valence-corrected chi connectivity index (χ1v) is 10.2. The Kier molecular flexibility index (Phi) is 3.81. The minimum Gasteiger partial charge on any atom is -0.353 e. The van der Waals surface area contributed by atoms with Gasteiger partial charge in [0.05, 0.1) is 9.90 Å². The second-order valence-electron chi connectivity index (χ2n) is 6.56. The summed E-state index contributed by atoms with van der Waals surface area (Å²) < 4.78 is 2.71. The number of amidine groups is 1. The van der Waals surface area contributed by atoms with Crippen LogP contribution in [0.4, 0.5) is 5.69 Å². The zero-order valence-corrected chi connectivity index (χ0v) is 15.7. The van der Waals surface area contributed by atoms with E-state index in [4.69, 9.17) is 4.99 Å². The van der Waals surface area contributed by atoms with E-state index in [1.54, 1.807) is 0 Å². The molecule has 0 saturated carbocycles. The molecule has 5 rings (SSSR count). The van der Waals surface area contributed by atoms with E-state index >= 15 is 0 Å². The Morgan fingerprint density at radius 3 is 2.56 bits per heavy atom. The topological polar surface area (TPSA) is 18.8 Å². The minimum atomic E-state index is 1.03. The SMILES string of the molecule is CN1CCN(C2=Nc3ccccc3Sc3sc4ccccc4c32)CC1. The summed E-state index contributed by atoms with van der Waals surface area (Å²) in [5.74, 6) is 1.15. The first-order valence-electron chi connectivity index (χ1n) is 8.60. The highest BCUT2D eigenvalue weighted by Gasteiger charge is 2.27. The van der Waals surface area contributed by atoms with Crippen molar-refractivity contribution in [2.75, 3.05) is 33.2 Å². The summed E-state index contributed by atoms with van der Waals surface area (Å²) in [6, 6.07) is 17.2. The van der Waals surface area contributed by atoms with Gasteiger partial charge in [0.1, 0.15) is 5.84 Å². The molecule has 0 N–H and O–H groups in total. The summed E-state index contributed by atoms with van der Waals surface area (Å²) in [6.07, 6.45) is 0. The highest BCUT2D eigenvalue weighted by molar-refractivity contribution is 8.01. The molecule has 0 unspecified atom stereocenters. The van der Waals surface area contributed by atoms with E-state index < -0.39 is 0 Å². The molecule has 0 radical (unpaired) electrons. The van der Waals surface area contributed by atoms with Gasteiger partial charge in [-0.25, -0.2) is 4.99 Å². The number of thiophene rings is 1. The minimum absolute atomic E-state index is 1.03. The van der Waals surface area contributed by atoms with Crippen LogP contribution in [-0.4, -0.2) is 48.9 Å². The van der Waals surface area contributed by atoms with Gasteiger partial charge in [0.15, 0.2) is 0 Å². The molecule has 2 aliphatic rings. The molecule has 5 heteroatoms. The molecule has 1 saturated heterocycles. The lowest BCUT2D eigenvalue weighted by Crippen LogP contribution is -2.47. The first-order chi connectivity index (χ1) is 12.3. The van der Waals surface area contributed by atoms with Gasteiger partial charge in [-0.05, 0) is 25.2 Å². The molecule has 0 atom stereocenters. The standard InChI is InChI=1S/C20H19N3S2/c1-22-10-12-23(13-11-22)19-18-14-6-2-4-8-16(14)24-20(18)25-17-9-5-3-7-15(17)21-19/h2-9H,10-13H2,1H3. The fourth-order valence-corrected chi connectivity index (χ4v) is 5.96. The Morgan fingerprint density at radius 1 is 0.920 bits per heavy atom. The fraction of sp³-hybridized carbons (Fsp3) is 0.250. The van der Waals surface area contributed by atoms with Gasteiger partial charge in [-0.15, -0.1) is 11.3 Å². The van der Waals surface area contributed by atoms with Crippen molar-refractivity contribution in [3.63, 3.8) is 0 Å². The molecule has 0 aliphatic carbocycles. The van der Waals surface area contributed by atoms with E-state index in [0.29, 0.717) is 0 Å². The third kappa shape index (κ3) is 2.67. The van der Waals surface area contributed by atoms with E-state index in [1.807, 2.05) is 23.1 Å². The molecule has 25 heavy (non-hydrogen) atoms. The number of nitrogens with zero attached hydrogens (tertiary/aromatic N) is 3. The summed E-state index contributed by atoms with van der Waals surface area (Å²) in [5, 5.41) is 1.33. The molecule has 3 nitrogen and oxygen atoms in total. The van der Waals surface area contributed by atoms with Crippen molar-refractivity contribution in [2.24, 2.45) is 4.99 Å². The highest BCUT2D eigenvalue weighted by Crippen LogP contribution is 2.47. The van der Waals surface area contributed by atoms with Crippen molar-refractivity contribution in [3.05, 3.63) is 54.1 Å². The largest absolute Gasteiger partial charge is 0.353 e. The average Bonchev–Trinajstić information content (AvgIpc) is 2.91. The van der Waals surface area contributed by atoms with Gasteiger partial charge in [-0.2, -0.15) is 0 Å². The van der Waals surface area contributed by atoms with Crippen LogP contribution in [0.5, 0.6) is 0 Å². The van der Waals surface area contributed by atoms with E-state index in [-0.39, 0.29) is 0 Å². The van der Waals surface area contributed by atoms with Gasteiger partial charge in [0.25, 0.3) is 0 Å². The highest BCUT2D eigenvalue weighted by atomic mass is 32.2. The number of para-hydroxylation sites is 1. The van der Waals surface area contributed by atoms with Crippen molar-refractivity contribution in [2.45, 2.75) is 9.10 Å². The maximum Gasteiger partial charge on any atom is 0.139 e. The fourth-order valence-electron chi connectivity index (χ4n) is 3.46. The molecular weight excluding hydrogens is 346 g/mol. The predicted molar refractivity (Wildman–Crippen MR) is 108 cm³/mol. The lowest BCUT2D eigenvalue weighted by molar-refractivity contribution is 0.216. The molecule has 2 aromatic carbocycles. The second kappa shape index (κ2) is 6.16. The lowest BCUT2D eigenvalue weighted by Gasteiger charge is -2.34. The van der Waals surface area contributed by atoms with E-state index in [2.05, 4.69) is 65.4 Å². The Balaban J connectivity index is 1.72. The number of piperazine rings is 1. The van der Waals surface area contributed by atoms with Gasteiger partial charge in [-0.1, -0.05) is 42.1 Å². The third-order valence-electron chi connectivity index (χ3n) is 4.88. The van der Waals surface area contributed by atoms with Gasteiger partial charge in [0, 0.05) is 46.7 Å². The van der Waals surface area contributed by atoms with Gasteiger partial charge < -0.3 is 9.80 Å². The van der Waals surface area contributed by atoms with E-state index in [1.165, 1.54) is 24.8 Å². The van der Waals surface area contributed by atoms with Gasteiger partial charge in [0.2, 0.25) is 0 Å². The van der Waals surface area contributed by atoms with Gasteiger partial charge in [-0.3, -0.25) is 0 Å². The molecule has 0 spiro atoms. The van der Waals surface area contributed by atoms with Crippen molar-refractivity contribution >= 4 is 44.7 Å². The Morgan fingerprint density at radius 2 is 1.68 bits per heavy atom. The molecule has 3 aromatic rings. The molecule has 2 aliphatic heterocycles. The summed E-state index contributed by atoms with van der Waals surface area (Å²) in [5.41, 5.74) is 2.42. The third-order valence-corrected chi connectivity index (χ3v) is 7.30. The zero-order valence-electron chi connectivity index (χ0n) is 14.1. The van der Waals surface area contributed by atoms with Crippen LogP contribution in [0, 0.1) is 0 Å². The summed E-state index contributed by atoms with van der Waals surface area (Å²) >= 11 is 3.75. The number of fused-ring (bicyclic) bond motifs is 4. The lowest BCUT2D eigenvalue weighted by atomic mass is 10.1. The number of benzene rings is 2. The smallest absolute Gasteiger partial charge is 0.139 e. The normalized spacial score (nSPS) is 17.8. The van der Waals surface area contributed by atoms with Gasteiger partial charge >= 0.3 is 0 Å². The van der Waals surface area contributed by atoms with Crippen LogP contribution in [0.1, 0.15) is 5.56 Å². The molecule has 3 heterocycles. The van der Waals surface area contributed by atoms with Crippen molar-refractivity contribution < 1.29 is 0 Å². The molecule has 0 bridgehead atoms. The van der Waals surface area contributed by atoms with Crippen LogP contribution in [0.3, 0.4) is 0 Å². The van der Waals surface area contributed by atoms with Crippen LogP contribution in [0.25, 0.3) is 10.1 Å². The average molecular weight is 366 g/mol. The number of aliphatic imine (C=N–C) groups is 1. The molecule has 0 amide bonds. The molecule has 1 aromatic heterocycles. The van der Waals surface area contributed by atoms with Crippen LogP contribution in [0.15, 0.2) is 62.6 Å². The maximum absolute atomic E-state index is 5.16. The summed E-state index contributed by atoms with van der Waals surface area (Å²) in [6.45, 7) is 4.24. The number of hydrogen-bond acceptors (Lipinski definition) is 5. The Hall–Kier alpha value is -1.82. The van der Waals surface area contributed by atoms with Crippen LogP contribution in [-0.2, 0) is 0 Å². The number of likely N-dealkylation sites (N-methyl/N-ethyl adjacent to an activating group) is 1. The second-order valence-corrected chi connectivity index (χ2v) is 8.92. The quantitative estimate of drug-likeness (QED) is 0.576.